The maximum atomic E-state index is 10.4. The van der Waals surface area contributed by atoms with Crippen molar-refractivity contribution in [3.05, 3.63) is 16.1 Å². The summed E-state index contributed by atoms with van der Waals surface area (Å²) < 4.78 is 0. The van der Waals surface area contributed by atoms with E-state index < -0.39 is 5.60 Å². The Labute approximate surface area is 124 Å². The third kappa shape index (κ3) is 4.45. The van der Waals surface area contributed by atoms with Gasteiger partial charge >= 0.3 is 0 Å². The monoisotopic (exact) mass is 300 g/mol. The summed E-state index contributed by atoms with van der Waals surface area (Å²) in [6, 6.07) is 0. The highest BCUT2D eigenvalue weighted by Crippen LogP contribution is 2.28. The minimum absolute atomic E-state index is 0.127. The van der Waals surface area contributed by atoms with Crippen LogP contribution in [0.5, 0.6) is 0 Å². The summed E-state index contributed by atoms with van der Waals surface area (Å²) in [4.78, 5) is 5.73. The van der Waals surface area contributed by atoms with Crippen molar-refractivity contribution in [1.82, 2.24) is 10.3 Å². The molecule has 1 saturated heterocycles. The molecule has 0 spiro atoms. The highest BCUT2D eigenvalue weighted by atomic mass is 32.2. The average Bonchev–Trinajstić information content (AvgIpc) is 2.78. The smallest absolute Gasteiger partial charge is 0.0981 e. The van der Waals surface area contributed by atoms with Gasteiger partial charge in [-0.25, -0.2) is 4.98 Å². The maximum absolute atomic E-state index is 10.4. The third-order valence-corrected chi connectivity index (χ3v) is 5.78. The van der Waals surface area contributed by atoms with Crippen LogP contribution in [0.15, 0.2) is 6.20 Å². The van der Waals surface area contributed by atoms with Crippen molar-refractivity contribution < 1.29 is 5.11 Å². The van der Waals surface area contributed by atoms with Crippen molar-refractivity contribution in [3.63, 3.8) is 0 Å². The van der Waals surface area contributed by atoms with E-state index >= 15 is 0 Å². The van der Waals surface area contributed by atoms with Gasteiger partial charge < -0.3 is 10.4 Å². The average molecular weight is 300 g/mol. The van der Waals surface area contributed by atoms with E-state index in [2.05, 4.69) is 31.1 Å². The molecule has 1 aliphatic heterocycles. The standard InChI is InChI=1S/C14H24N2OS2/c1-13(2,3)12-16-9-11(19-12)8-15-10-14(17)4-6-18-7-5-14/h9,15,17H,4-8,10H2,1-3H3. The lowest BCUT2D eigenvalue weighted by Crippen LogP contribution is -2.43. The van der Waals surface area contributed by atoms with Crippen LogP contribution in [0.3, 0.4) is 0 Å². The molecule has 2 N–H and O–H groups in total. The number of nitrogens with one attached hydrogen (secondary N) is 1. The Morgan fingerprint density at radius 3 is 2.63 bits per heavy atom. The Bertz CT molecular complexity index is 406. The molecule has 0 amide bonds. The fourth-order valence-corrected chi connectivity index (χ4v) is 4.27. The van der Waals surface area contributed by atoms with E-state index in [1.807, 2.05) is 18.0 Å². The Morgan fingerprint density at radius 2 is 2.05 bits per heavy atom. The van der Waals surface area contributed by atoms with E-state index in [4.69, 9.17) is 0 Å². The minimum atomic E-state index is -0.497. The summed E-state index contributed by atoms with van der Waals surface area (Å²) in [5.74, 6) is 2.15. The summed E-state index contributed by atoms with van der Waals surface area (Å²) in [6.07, 6.45) is 3.76. The lowest BCUT2D eigenvalue weighted by atomic mass is 9.97. The van der Waals surface area contributed by atoms with E-state index in [0.717, 1.165) is 30.9 Å². The molecule has 0 atom stereocenters. The van der Waals surface area contributed by atoms with Crippen molar-refractivity contribution in [2.24, 2.45) is 0 Å². The van der Waals surface area contributed by atoms with Crippen LogP contribution < -0.4 is 5.32 Å². The van der Waals surface area contributed by atoms with Gasteiger partial charge in [0.05, 0.1) is 10.6 Å². The summed E-state index contributed by atoms with van der Waals surface area (Å²) in [5.41, 5.74) is -0.371. The lowest BCUT2D eigenvalue weighted by Gasteiger charge is -2.31. The fraction of sp³-hybridized carbons (Fsp3) is 0.786. The molecule has 0 unspecified atom stereocenters. The normalized spacial score (nSPS) is 19.6. The van der Waals surface area contributed by atoms with Gasteiger partial charge in [-0.3, -0.25) is 0 Å². The van der Waals surface area contributed by atoms with Crippen LogP contribution in [0.4, 0.5) is 0 Å². The second-order valence-electron chi connectivity index (χ2n) is 6.32. The molecule has 2 heterocycles. The van der Waals surface area contributed by atoms with E-state index in [1.165, 1.54) is 9.88 Å². The van der Waals surface area contributed by atoms with Gasteiger partial charge in [-0.1, -0.05) is 20.8 Å². The first kappa shape index (κ1) is 15.3. The molecular formula is C14H24N2OS2. The Balaban J connectivity index is 1.81. The van der Waals surface area contributed by atoms with Gasteiger partial charge in [0.15, 0.2) is 0 Å². The van der Waals surface area contributed by atoms with Gasteiger partial charge in [-0.05, 0) is 24.3 Å². The zero-order valence-electron chi connectivity index (χ0n) is 12.0. The quantitative estimate of drug-likeness (QED) is 0.897. The molecule has 19 heavy (non-hydrogen) atoms. The van der Waals surface area contributed by atoms with E-state index in [9.17, 15) is 5.11 Å². The van der Waals surface area contributed by atoms with Crippen LogP contribution >= 0.6 is 23.1 Å². The van der Waals surface area contributed by atoms with Crippen molar-refractivity contribution in [2.45, 2.75) is 51.2 Å². The van der Waals surface area contributed by atoms with Gasteiger partial charge in [-0.2, -0.15) is 11.8 Å². The Morgan fingerprint density at radius 1 is 1.37 bits per heavy atom. The molecule has 1 aromatic rings. The van der Waals surface area contributed by atoms with Crippen molar-refractivity contribution in [2.75, 3.05) is 18.1 Å². The summed E-state index contributed by atoms with van der Waals surface area (Å²) >= 11 is 3.70. The molecule has 5 heteroatoms. The van der Waals surface area contributed by atoms with Crippen molar-refractivity contribution in [3.8, 4) is 0 Å². The SMILES string of the molecule is CC(C)(C)c1ncc(CNCC2(O)CCSCC2)s1. The maximum Gasteiger partial charge on any atom is 0.0981 e. The first-order valence-electron chi connectivity index (χ1n) is 6.85. The second kappa shape index (κ2) is 6.12. The molecule has 3 nitrogen and oxygen atoms in total. The van der Waals surface area contributed by atoms with Gasteiger partial charge in [0.2, 0.25) is 0 Å². The largest absolute Gasteiger partial charge is 0.389 e. The van der Waals surface area contributed by atoms with Crippen LogP contribution in [0.25, 0.3) is 0 Å². The van der Waals surface area contributed by atoms with Crippen LogP contribution in [-0.4, -0.2) is 33.7 Å². The lowest BCUT2D eigenvalue weighted by molar-refractivity contribution is 0.0321. The predicted octanol–water partition coefficient (Wildman–Crippen LogP) is 2.79. The molecule has 1 fully saturated rings. The van der Waals surface area contributed by atoms with Crippen LogP contribution in [0.1, 0.15) is 43.5 Å². The molecule has 1 aromatic heterocycles. The van der Waals surface area contributed by atoms with E-state index in [1.54, 1.807) is 11.3 Å². The van der Waals surface area contributed by atoms with E-state index in [0.29, 0.717) is 6.54 Å². The van der Waals surface area contributed by atoms with Crippen LogP contribution in [0.2, 0.25) is 0 Å². The van der Waals surface area contributed by atoms with Gasteiger partial charge in [0.1, 0.15) is 0 Å². The zero-order chi connectivity index (χ0) is 13.9. The minimum Gasteiger partial charge on any atom is -0.389 e. The Kier molecular flexibility index (Phi) is 4.93. The molecule has 2 rings (SSSR count). The molecular weight excluding hydrogens is 276 g/mol. The van der Waals surface area contributed by atoms with Crippen molar-refractivity contribution >= 4 is 23.1 Å². The summed E-state index contributed by atoms with van der Waals surface area (Å²) in [6.45, 7) is 8.06. The number of rotatable bonds is 4. The number of thiazole rings is 1. The zero-order valence-corrected chi connectivity index (χ0v) is 13.7. The highest BCUT2D eigenvalue weighted by molar-refractivity contribution is 7.99. The second-order valence-corrected chi connectivity index (χ2v) is 8.66. The number of hydrogen-bond donors (Lipinski definition) is 2. The predicted molar refractivity (Wildman–Crippen MR) is 84.0 cm³/mol. The molecule has 0 aromatic carbocycles. The number of aromatic nitrogens is 1. The molecule has 0 bridgehead atoms. The van der Waals surface area contributed by atoms with Gasteiger partial charge in [0.25, 0.3) is 0 Å². The molecule has 108 valence electrons. The number of aliphatic hydroxyl groups is 1. The summed E-state index contributed by atoms with van der Waals surface area (Å²) in [5, 5.41) is 15.0. The molecule has 0 radical (unpaired) electrons. The fourth-order valence-electron chi connectivity index (χ4n) is 2.08. The van der Waals surface area contributed by atoms with Crippen LogP contribution in [0, 0.1) is 0 Å². The molecule has 0 aliphatic carbocycles. The summed E-state index contributed by atoms with van der Waals surface area (Å²) in [7, 11) is 0. The molecule has 1 aliphatic rings. The van der Waals surface area contributed by atoms with E-state index in [-0.39, 0.29) is 5.41 Å². The topological polar surface area (TPSA) is 45.2 Å². The van der Waals surface area contributed by atoms with Crippen LogP contribution in [-0.2, 0) is 12.0 Å². The number of hydrogen-bond acceptors (Lipinski definition) is 5. The van der Waals surface area contributed by atoms with Gasteiger partial charge in [-0.15, -0.1) is 11.3 Å². The number of nitrogens with zero attached hydrogens (tertiary/aromatic N) is 1. The number of thioether (sulfide) groups is 1. The highest BCUT2D eigenvalue weighted by Gasteiger charge is 2.28. The Hall–Kier alpha value is -0.100. The third-order valence-electron chi connectivity index (χ3n) is 3.37. The first-order chi connectivity index (χ1) is 8.89. The van der Waals surface area contributed by atoms with Gasteiger partial charge in [0, 0.05) is 29.6 Å². The van der Waals surface area contributed by atoms with Crippen molar-refractivity contribution in [1.29, 1.82) is 0 Å². The molecule has 0 saturated carbocycles. The first-order valence-corrected chi connectivity index (χ1v) is 8.82.